The predicted molar refractivity (Wildman–Crippen MR) is 118 cm³/mol. The number of aromatic nitrogens is 3. The van der Waals surface area contributed by atoms with E-state index in [0.717, 1.165) is 50.0 Å². The van der Waals surface area contributed by atoms with Gasteiger partial charge in [-0.25, -0.2) is 18.9 Å². The van der Waals surface area contributed by atoms with E-state index in [4.69, 9.17) is 0 Å². The highest BCUT2D eigenvalue weighted by Gasteiger charge is 2.32. The van der Waals surface area contributed by atoms with E-state index < -0.39 is 5.82 Å². The van der Waals surface area contributed by atoms with Crippen molar-refractivity contribution < 1.29 is 9.18 Å². The molecule has 2 aromatic heterocycles. The van der Waals surface area contributed by atoms with Gasteiger partial charge in [0.25, 0.3) is 0 Å². The van der Waals surface area contributed by atoms with Gasteiger partial charge in [0, 0.05) is 55.7 Å². The minimum absolute atomic E-state index is 0.125. The van der Waals surface area contributed by atoms with Crippen LogP contribution in [0.1, 0.15) is 38.2 Å². The van der Waals surface area contributed by atoms with Crippen molar-refractivity contribution in [3.05, 3.63) is 48.0 Å². The van der Waals surface area contributed by atoms with Crippen molar-refractivity contribution in [3.63, 3.8) is 0 Å². The van der Waals surface area contributed by atoms with Crippen LogP contribution < -0.4 is 5.32 Å². The molecular weight excluding hydrogens is 395 g/mol. The summed E-state index contributed by atoms with van der Waals surface area (Å²) >= 11 is 0. The molecule has 6 rings (SSSR count). The summed E-state index contributed by atoms with van der Waals surface area (Å²) in [5.74, 6) is -0.0578. The van der Waals surface area contributed by atoms with Crippen LogP contribution in [-0.2, 0) is 0 Å². The van der Waals surface area contributed by atoms with Gasteiger partial charge in [-0.3, -0.25) is 0 Å². The molecule has 0 saturated carbocycles. The van der Waals surface area contributed by atoms with E-state index >= 15 is 0 Å². The molecule has 2 bridgehead atoms. The number of nitrogens with one attached hydrogen (secondary N) is 1. The van der Waals surface area contributed by atoms with Gasteiger partial charge in [0.15, 0.2) is 5.65 Å². The van der Waals surface area contributed by atoms with Crippen LogP contribution in [0.3, 0.4) is 0 Å². The fourth-order valence-electron chi connectivity index (χ4n) is 4.49. The average Bonchev–Trinajstić information content (AvgIpc) is 2.94. The summed E-state index contributed by atoms with van der Waals surface area (Å²) in [5.41, 5.74) is 2.51. The Morgan fingerprint density at radius 3 is 2.74 bits per heavy atom. The molecule has 0 radical (unpaired) electrons. The molecule has 3 fully saturated rings. The van der Waals surface area contributed by atoms with Crippen LogP contribution in [0.5, 0.6) is 0 Å². The highest BCUT2D eigenvalue weighted by Crippen LogP contribution is 2.25. The smallest absolute Gasteiger partial charge is 0.320 e. The number of nitrogens with zero attached hydrogens (tertiary/aromatic N) is 5. The van der Waals surface area contributed by atoms with Crippen molar-refractivity contribution in [2.75, 3.05) is 31.5 Å². The van der Waals surface area contributed by atoms with Gasteiger partial charge in [-0.1, -0.05) is 13.8 Å². The summed E-state index contributed by atoms with van der Waals surface area (Å²) in [6, 6.07) is 6.76. The van der Waals surface area contributed by atoms with Gasteiger partial charge in [0.1, 0.15) is 11.5 Å². The van der Waals surface area contributed by atoms with Crippen LogP contribution in [-0.4, -0.2) is 62.8 Å². The molecule has 3 aromatic rings. The van der Waals surface area contributed by atoms with E-state index in [1.807, 2.05) is 17.2 Å². The number of amides is 2. The molecule has 7 nitrogen and oxygen atoms in total. The minimum atomic E-state index is -0.406. The second kappa shape index (κ2) is 7.92. The van der Waals surface area contributed by atoms with Crippen molar-refractivity contribution in [1.82, 2.24) is 24.6 Å². The van der Waals surface area contributed by atoms with E-state index in [9.17, 15) is 9.18 Å². The summed E-state index contributed by atoms with van der Waals surface area (Å²) in [4.78, 5) is 21.7. The number of carbonyl (C=O) groups excluding carboxylic acids is 1. The maximum absolute atomic E-state index is 14.6. The Kier molecular flexibility index (Phi) is 5.09. The average molecular weight is 423 g/mol. The lowest BCUT2D eigenvalue weighted by Crippen LogP contribution is -2.43. The standard InChI is InChI=1S/C23H27FN6O/c1-15(2)16-11-17-14-30(27-22(17)25-13-16)21-12-18(3-4-20(21)24)26-23(31)29-10-9-28-7-5-19(29)6-8-28/h3-4,11-15,19H,5-10H2,1-2H3,(H,26,31). The van der Waals surface area contributed by atoms with Gasteiger partial charge >= 0.3 is 6.03 Å². The maximum atomic E-state index is 14.6. The number of benzene rings is 1. The summed E-state index contributed by atoms with van der Waals surface area (Å²) < 4.78 is 16.1. The molecule has 162 valence electrons. The van der Waals surface area contributed by atoms with Crippen LogP contribution in [0.15, 0.2) is 36.7 Å². The Morgan fingerprint density at radius 1 is 1.16 bits per heavy atom. The third kappa shape index (κ3) is 3.87. The molecule has 1 N–H and O–H groups in total. The number of hydrogen-bond donors (Lipinski definition) is 1. The Labute approximate surface area is 180 Å². The Morgan fingerprint density at radius 2 is 1.97 bits per heavy atom. The highest BCUT2D eigenvalue weighted by atomic mass is 19.1. The quantitative estimate of drug-likeness (QED) is 0.693. The molecule has 8 heteroatoms. The van der Waals surface area contributed by atoms with Crippen molar-refractivity contribution in [2.45, 2.75) is 38.6 Å². The molecule has 0 atom stereocenters. The molecule has 0 unspecified atom stereocenters. The van der Waals surface area contributed by atoms with Crippen molar-refractivity contribution in [3.8, 4) is 5.69 Å². The predicted octanol–water partition coefficient (Wildman–Crippen LogP) is 3.99. The lowest BCUT2D eigenvalue weighted by atomic mass is 10.1. The number of fused-ring (bicyclic) bond motifs is 5. The Hall–Kier alpha value is -3.00. The van der Waals surface area contributed by atoms with Gasteiger partial charge in [-0.05, 0) is 48.6 Å². The Bertz CT molecular complexity index is 1120. The zero-order valence-corrected chi connectivity index (χ0v) is 17.9. The molecule has 2 amide bonds. The summed E-state index contributed by atoms with van der Waals surface area (Å²) in [6.45, 7) is 7.94. The third-order valence-corrected chi connectivity index (χ3v) is 6.41. The second-order valence-corrected chi connectivity index (χ2v) is 8.77. The van der Waals surface area contributed by atoms with Crippen LogP contribution in [0.4, 0.5) is 14.9 Å². The fraction of sp³-hybridized carbons (Fsp3) is 0.435. The normalized spacial score (nSPS) is 21.0. The molecule has 3 aliphatic heterocycles. The van der Waals surface area contributed by atoms with Crippen LogP contribution in [0.2, 0.25) is 0 Å². The highest BCUT2D eigenvalue weighted by molar-refractivity contribution is 5.90. The zero-order valence-electron chi connectivity index (χ0n) is 17.9. The summed E-state index contributed by atoms with van der Waals surface area (Å²) in [6.07, 6.45) is 5.60. The number of rotatable bonds is 3. The topological polar surface area (TPSA) is 66.3 Å². The van der Waals surface area contributed by atoms with Gasteiger partial charge in [0.05, 0.1) is 0 Å². The second-order valence-electron chi connectivity index (χ2n) is 8.77. The summed E-state index contributed by atoms with van der Waals surface area (Å²) in [7, 11) is 0. The van der Waals surface area contributed by atoms with Gasteiger partial charge in [-0.15, -0.1) is 5.10 Å². The maximum Gasteiger partial charge on any atom is 0.322 e. The number of hydrogen-bond acceptors (Lipinski definition) is 4. The zero-order chi connectivity index (χ0) is 21.5. The fourth-order valence-corrected chi connectivity index (χ4v) is 4.49. The monoisotopic (exact) mass is 422 g/mol. The minimum Gasteiger partial charge on any atom is -0.320 e. The molecule has 31 heavy (non-hydrogen) atoms. The van der Waals surface area contributed by atoms with Gasteiger partial charge < -0.3 is 15.1 Å². The van der Waals surface area contributed by atoms with Crippen molar-refractivity contribution in [2.24, 2.45) is 0 Å². The number of piperidine rings is 1. The molecular formula is C23H27FN6O. The van der Waals surface area contributed by atoms with E-state index in [1.54, 1.807) is 18.3 Å². The van der Waals surface area contributed by atoms with E-state index in [2.05, 4.69) is 34.1 Å². The third-order valence-electron chi connectivity index (χ3n) is 6.41. The number of carbonyl (C=O) groups is 1. The van der Waals surface area contributed by atoms with Crippen molar-refractivity contribution >= 4 is 22.8 Å². The summed E-state index contributed by atoms with van der Waals surface area (Å²) in [5, 5.41) is 8.25. The molecule has 1 aromatic carbocycles. The van der Waals surface area contributed by atoms with Crippen molar-refractivity contribution in [1.29, 1.82) is 0 Å². The number of urea groups is 1. The van der Waals surface area contributed by atoms with Gasteiger partial charge in [0.2, 0.25) is 0 Å². The number of halogens is 1. The SMILES string of the molecule is CC(C)c1cnc2nn(-c3cc(NC(=O)N4CCN5CCC4CC5)ccc3F)cc2c1. The first-order valence-corrected chi connectivity index (χ1v) is 10.9. The van der Waals surface area contributed by atoms with Crippen LogP contribution in [0, 0.1) is 5.82 Å². The van der Waals surface area contributed by atoms with E-state index in [0.29, 0.717) is 17.3 Å². The molecule has 0 aliphatic carbocycles. The molecule has 0 spiro atoms. The van der Waals surface area contributed by atoms with E-state index in [-0.39, 0.29) is 17.8 Å². The molecule has 5 heterocycles. The lowest BCUT2D eigenvalue weighted by molar-refractivity contribution is 0.182. The first kappa shape index (κ1) is 19.9. The van der Waals surface area contributed by atoms with Crippen LogP contribution in [0.25, 0.3) is 16.7 Å². The number of pyridine rings is 1. The lowest BCUT2D eigenvalue weighted by Gasteiger charge is -2.31. The first-order valence-electron chi connectivity index (χ1n) is 10.9. The Balaban J connectivity index is 1.40. The molecule has 3 aliphatic rings. The van der Waals surface area contributed by atoms with E-state index in [1.165, 1.54) is 10.7 Å². The van der Waals surface area contributed by atoms with Crippen LogP contribution >= 0.6 is 0 Å². The number of anilines is 1. The van der Waals surface area contributed by atoms with Gasteiger partial charge in [-0.2, -0.15) is 0 Å². The molecule has 3 saturated heterocycles. The first-order chi connectivity index (χ1) is 15.0. The largest absolute Gasteiger partial charge is 0.322 e.